The molecule has 0 unspecified atom stereocenters. The Kier molecular flexibility index (Phi) is 4.82. The summed E-state index contributed by atoms with van der Waals surface area (Å²) >= 11 is 24.4. The smallest absolute Gasteiger partial charge is 0.307 e. The summed E-state index contributed by atoms with van der Waals surface area (Å²) in [6.07, 6.45) is -0.171. The predicted octanol–water partition coefficient (Wildman–Crippen LogP) is 5.59. The molecular formula is C14H8Cl4O2. The van der Waals surface area contributed by atoms with Crippen LogP contribution in [-0.4, -0.2) is 11.1 Å². The third kappa shape index (κ3) is 3.21. The van der Waals surface area contributed by atoms with Gasteiger partial charge in [0.15, 0.2) is 0 Å². The first kappa shape index (κ1) is 15.5. The highest BCUT2D eigenvalue weighted by atomic mass is 35.5. The lowest BCUT2D eigenvalue weighted by atomic mass is 10.0. The molecule has 2 rings (SSSR count). The molecule has 2 nitrogen and oxygen atoms in total. The number of rotatable bonds is 3. The quantitative estimate of drug-likeness (QED) is 0.783. The van der Waals surface area contributed by atoms with Crippen molar-refractivity contribution in [2.45, 2.75) is 6.42 Å². The van der Waals surface area contributed by atoms with E-state index < -0.39 is 5.97 Å². The van der Waals surface area contributed by atoms with Crippen molar-refractivity contribution in [3.63, 3.8) is 0 Å². The Morgan fingerprint density at radius 3 is 2.20 bits per heavy atom. The molecule has 20 heavy (non-hydrogen) atoms. The van der Waals surface area contributed by atoms with E-state index in [2.05, 4.69) is 0 Å². The van der Waals surface area contributed by atoms with E-state index in [9.17, 15) is 4.79 Å². The minimum absolute atomic E-state index is 0.171. The topological polar surface area (TPSA) is 37.3 Å². The molecule has 0 radical (unpaired) electrons. The van der Waals surface area contributed by atoms with Gasteiger partial charge in [0.2, 0.25) is 0 Å². The van der Waals surface area contributed by atoms with E-state index in [0.717, 1.165) is 0 Å². The zero-order valence-corrected chi connectivity index (χ0v) is 13.0. The molecule has 0 saturated heterocycles. The molecule has 0 aliphatic carbocycles. The number of benzene rings is 2. The van der Waals surface area contributed by atoms with Crippen molar-refractivity contribution in [1.29, 1.82) is 0 Å². The predicted molar refractivity (Wildman–Crippen MR) is 83.3 cm³/mol. The van der Waals surface area contributed by atoms with Crippen molar-refractivity contribution < 1.29 is 9.90 Å². The molecule has 0 amide bonds. The van der Waals surface area contributed by atoms with E-state index in [-0.39, 0.29) is 6.42 Å². The number of halogens is 4. The van der Waals surface area contributed by atoms with Crippen LogP contribution in [-0.2, 0) is 11.2 Å². The van der Waals surface area contributed by atoms with Gasteiger partial charge < -0.3 is 5.11 Å². The summed E-state index contributed by atoms with van der Waals surface area (Å²) in [5.74, 6) is -0.961. The Morgan fingerprint density at radius 2 is 1.65 bits per heavy atom. The number of aliphatic carboxylic acids is 1. The first-order valence-electron chi connectivity index (χ1n) is 5.54. The van der Waals surface area contributed by atoms with E-state index in [1.54, 1.807) is 30.3 Å². The molecule has 0 aliphatic rings. The SMILES string of the molecule is O=C(O)Cc1cccc(-c2c(Cl)cc(Cl)cc2Cl)c1Cl. The lowest BCUT2D eigenvalue weighted by Crippen LogP contribution is -2.01. The second-order valence-electron chi connectivity index (χ2n) is 4.09. The highest BCUT2D eigenvalue weighted by Crippen LogP contribution is 2.41. The van der Waals surface area contributed by atoms with Gasteiger partial charge in [-0.1, -0.05) is 64.6 Å². The summed E-state index contributed by atoms with van der Waals surface area (Å²) in [6.45, 7) is 0. The molecule has 0 saturated carbocycles. The largest absolute Gasteiger partial charge is 0.481 e. The number of hydrogen-bond donors (Lipinski definition) is 1. The van der Waals surface area contributed by atoms with E-state index in [1.165, 1.54) is 0 Å². The van der Waals surface area contributed by atoms with Crippen LogP contribution in [0, 0.1) is 0 Å². The average molecular weight is 350 g/mol. The molecule has 2 aromatic carbocycles. The van der Waals surface area contributed by atoms with Crippen LogP contribution >= 0.6 is 46.4 Å². The van der Waals surface area contributed by atoms with E-state index in [1.807, 2.05) is 0 Å². The second kappa shape index (κ2) is 6.23. The van der Waals surface area contributed by atoms with Crippen molar-refractivity contribution in [2.75, 3.05) is 0 Å². The van der Waals surface area contributed by atoms with E-state index >= 15 is 0 Å². The fourth-order valence-electron chi connectivity index (χ4n) is 1.87. The maximum Gasteiger partial charge on any atom is 0.307 e. The van der Waals surface area contributed by atoms with Crippen LogP contribution in [0.4, 0.5) is 0 Å². The Hall–Kier alpha value is -0.930. The number of carboxylic acid groups (broad SMARTS) is 1. The lowest BCUT2D eigenvalue weighted by molar-refractivity contribution is -0.136. The van der Waals surface area contributed by atoms with Gasteiger partial charge in [0, 0.05) is 16.1 Å². The van der Waals surface area contributed by atoms with Crippen molar-refractivity contribution in [1.82, 2.24) is 0 Å². The summed E-state index contributed by atoms with van der Waals surface area (Å²) in [7, 11) is 0. The van der Waals surface area contributed by atoms with Crippen molar-refractivity contribution in [2.24, 2.45) is 0 Å². The molecular weight excluding hydrogens is 342 g/mol. The molecule has 0 spiro atoms. The Balaban J connectivity index is 2.62. The standard InChI is InChI=1S/C14H8Cl4O2/c15-8-5-10(16)13(11(17)6-8)9-3-1-2-7(14(9)18)4-12(19)20/h1-3,5-6H,4H2,(H,19,20). The van der Waals surface area contributed by atoms with Gasteiger partial charge in [0.25, 0.3) is 0 Å². The maximum absolute atomic E-state index is 10.8. The monoisotopic (exact) mass is 348 g/mol. The minimum Gasteiger partial charge on any atom is -0.481 e. The molecule has 0 heterocycles. The zero-order chi connectivity index (χ0) is 14.9. The second-order valence-corrected chi connectivity index (χ2v) is 5.72. The average Bonchev–Trinajstić information content (AvgIpc) is 2.32. The third-order valence-electron chi connectivity index (χ3n) is 2.70. The number of carbonyl (C=O) groups is 1. The Labute approximate surface area is 135 Å². The molecule has 6 heteroatoms. The lowest BCUT2D eigenvalue weighted by Gasteiger charge is -2.12. The zero-order valence-electron chi connectivity index (χ0n) is 9.96. The molecule has 0 aliphatic heterocycles. The molecule has 2 aromatic rings. The van der Waals surface area contributed by atoms with Crippen LogP contribution in [0.2, 0.25) is 20.1 Å². The van der Waals surface area contributed by atoms with Crippen LogP contribution in [0.5, 0.6) is 0 Å². The van der Waals surface area contributed by atoms with Crippen molar-refractivity contribution >= 4 is 52.4 Å². The summed E-state index contributed by atoms with van der Waals surface area (Å²) in [5.41, 5.74) is 1.62. The van der Waals surface area contributed by atoms with Gasteiger partial charge in [0.1, 0.15) is 0 Å². The molecule has 0 fully saturated rings. The van der Waals surface area contributed by atoms with Gasteiger partial charge in [-0.15, -0.1) is 0 Å². The first-order valence-corrected chi connectivity index (χ1v) is 7.05. The summed E-state index contributed by atoms with van der Waals surface area (Å²) < 4.78 is 0. The molecule has 0 aromatic heterocycles. The van der Waals surface area contributed by atoms with Crippen LogP contribution in [0.15, 0.2) is 30.3 Å². The van der Waals surface area contributed by atoms with Gasteiger partial charge in [0.05, 0.1) is 21.5 Å². The van der Waals surface area contributed by atoms with Gasteiger partial charge in [-0.25, -0.2) is 0 Å². The van der Waals surface area contributed by atoms with Gasteiger partial charge in [-0.05, 0) is 17.7 Å². The van der Waals surface area contributed by atoms with Crippen molar-refractivity contribution in [3.8, 4) is 11.1 Å². The minimum atomic E-state index is -0.961. The van der Waals surface area contributed by atoms with Gasteiger partial charge in [-0.2, -0.15) is 0 Å². The molecule has 104 valence electrons. The first-order chi connectivity index (χ1) is 9.40. The maximum atomic E-state index is 10.8. The molecule has 0 atom stereocenters. The van der Waals surface area contributed by atoms with Gasteiger partial charge in [-0.3, -0.25) is 4.79 Å². The third-order valence-corrected chi connectivity index (χ3v) is 3.96. The normalized spacial score (nSPS) is 10.6. The number of hydrogen-bond acceptors (Lipinski definition) is 1. The Bertz CT molecular complexity index is 660. The highest BCUT2D eigenvalue weighted by molar-refractivity contribution is 6.43. The molecule has 0 bridgehead atoms. The molecule has 1 N–H and O–H groups in total. The van der Waals surface area contributed by atoms with Gasteiger partial charge >= 0.3 is 5.97 Å². The number of carboxylic acids is 1. The fraction of sp³-hybridized carbons (Fsp3) is 0.0714. The Morgan fingerprint density at radius 1 is 1.05 bits per heavy atom. The van der Waals surface area contributed by atoms with Crippen LogP contribution < -0.4 is 0 Å². The van der Waals surface area contributed by atoms with E-state index in [0.29, 0.717) is 36.8 Å². The van der Waals surface area contributed by atoms with Crippen LogP contribution in [0.3, 0.4) is 0 Å². The summed E-state index contributed by atoms with van der Waals surface area (Å²) in [6, 6.07) is 8.21. The summed E-state index contributed by atoms with van der Waals surface area (Å²) in [4.78, 5) is 10.8. The van der Waals surface area contributed by atoms with Crippen LogP contribution in [0.1, 0.15) is 5.56 Å². The summed E-state index contributed by atoms with van der Waals surface area (Å²) in [5, 5.41) is 10.3. The van der Waals surface area contributed by atoms with E-state index in [4.69, 9.17) is 51.5 Å². The fourth-order valence-corrected chi connectivity index (χ4v) is 3.18. The van der Waals surface area contributed by atoms with Crippen molar-refractivity contribution in [3.05, 3.63) is 56.0 Å². The highest BCUT2D eigenvalue weighted by Gasteiger charge is 2.16. The van der Waals surface area contributed by atoms with Crippen LogP contribution in [0.25, 0.3) is 11.1 Å².